The molecule has 2 atom stereocenters. The van der Waals surface area contributed by atoms with Crippen LogP contribution in [-0.4, -0.2) is 39.5 Å². The average molecular weight is 223 g/mol. The van der Waals surface area contributed by atoms with Crippen molar-refractivity contribution in [1.82, 2.24) is 5.32 Å². The fraction of sp³-hybridized carbons (Fsp3) is 0.500. The van der Waals surface area contributed by atoms with Crippen LogP contribution in [0.2, 0.25) is 0 Å². The predicted molar refractivity (Wildman–Crippen MR) is 61.1 cm³/mol. The molecule has 0 bridgehead atoms. The molecule has 1 aromatic carbocycles. The van der Waals surface area contributed by atoms with Gasteiger partial charge in [0.05, 0.1) is 12.6 Å². The second-order valence-corrected chi connectivity index (χ2v) is 3.76. The molecule has 2 unspecified atom stereocenters. The lowest BCUT2D eigenvalue weighted by Gasteiger charge is -2.31. The predicted octanol–water partition coefficient (Wildman–Crippen LogP) is 1.06. The SMILES string of the molecule is CNC(COC)C1COc2ccccc2O1. The number of nitrogens with one attached hydrogen (secondary N) is 1. The normalized spacial score (nSPS) is 20.5. The van der Waals surface area contributed by atoms with E-state index in [1.165, 1.54) is 0 Å². The van der Waals surface area contributed by atoms with E-state index in [9.17, 15) is 0 Å². The van der Waals surface area contributed by atoms with Gasteiger partial charge in [-0.15, -0.1) is 0 Å². The van der Waals surface area contributed by atoms with Gasteiger partial charge in [-0.2, -0.15) is 0 Å². The zero-order chi connectivity index (χ0) is 11.4. The van der Waals surface area contributed by atoms with Gasteiger partial charge in [0.1, 0.15) is 6.61 Å². The molecule has 0 aromatic heterocycles. The monoisotopic (exact) mass is 223 g/mol. The van der Waals surface area contributed by atoms with Crippen molar-refractivity contribution in [3.05, 3.63) is 24.3 Å². The first kappa shape index (κ1) is 11.2. The Bertz CT molecular complexity index is 343. The Morgan fingerprint density at radius 1 is 1.44 bits per heavy atom. The molecule has 0 saturated heterocycles. The summed E-state index contributed by atoms with van der Waals surface area (Å²) in [7, 11) is 3.58. The Morgan fingerprint density at radius 2 is 2.19 bits per heavy atom. The first-order valence-electron chi connectivity index (χ1n) is 5.40. The fourth-order valence-electron chi connectivity index (χ4n) is 1.79. The zero-order valence-corrected chi connectivity index (χ0v) is 9.60. The first-order valence-corrected chi connectivity index (χ1v) is 5.40. The lowest BCUT2D eigenvalue weighted by Crippen LogP contribution is -2.48. The van der Waals surface area contributed by atoms with E-state index in [4.69, 9.17) is 14.2 Å². The van der Waals surface area contributed by atoms with Crippen LogP contribution in [0, 0.1) is 0 Å². The molecule has 0 spiro atoms. The lowest BCUT2D eigenvalue weighted by molar-refractivity contribution is 0.0350. The summed E-state index contributed by atoms with van der Waals surface area (Å²) in [5.74, 6) is 1.61. The molecule has 16 heavy (non-hydrogen) atoms. The molecule has 1 N–H and O–H groups in total. The minimum atomic E-state index is -0.0140. The summed E-state index contributed by atoms with van der Waals surface area (Å²) in [6.45, 7) is 1.15. The van der Waals surface area contributed by atoms with Crippen molar-refractivity contribution in [2.75, 3.05) is 27.4 Å². The van der Waals surface area contributed by atoms with Gasteiger partial charge in [0.2, 0.25) is 0 Å². The maximum Gasteiger partial charge on any atom is 0.161 e. The summed E-state index contributed by atoms with van der Waals surface area (Å²) in [5.41, 5.74) is 0. The summed E-state index contributed by atoms with van der Waals surface area (Å²) in [6, 6.07) is 7.85. The third-order valence-electron chi connectivity index (χ3n) is 2.70. The molecule has 2 rings (SSSR count). The highest BCUT2D eigenvalue weighted by atomic mass is 16.6. The fourth-order valence-corrected chi connectivity index (χ4v) is 1.79. The van der Waals surface area contributed by atoms with E-state index >= 15 is 0 Å². The van der Waals surface area contributed by atoms with Crippen LogP contribution in [0.25, 0.3) is 0 Å². The number of hydrogen-bond donors (Lipinski definition) is 1. The third-order valence-corrected chi connectivity index (χ3v) is 2.70. The van der Waals surface area contributed by atoms with E-state index in [2.05, 4.69) is 5.32 Å². The van der Waals surface area contributed by atoms with Gasteiger partial charge in [0.15, 0.2) is 17.6 Å². The number of methoxy groups -OCH3 is 1. The smallest absolute Gasteiger partial charge is 0.161 e. The Kier molecular flexibility index (Phi) is 3.64. The van der Waals surface area contributed by atoms with Gasteiger partial charge in [0, 0.05) is 7.11 Å². The van der Waals surface area contributed by atoms with Crippen molar-refractivity contribution in [2.24, 2.45) is 0 Å². The Hall–Kier alpha value is -1.26. The van der Waals surface area contributed by atoms with Gasteiger partial charge in [-0.1, -0.05) is 12.1 Å². The van der Waals surface area contributed by atoms with Gasteiger partial charge < -0.3 is 19.5 Å². The van der Waals surface area contributed by atoms with Crippen molar-refractivity contribution >= 4 is 0 Å². The van der Waals surface area contributed by atoms with Gasteiger partial charge >= 0.3 is 0 Å². The number of ether oxygens (including phenoxy) is 3. The number of likely N-dealkylation sites (N-methyl/N-ethyl adjacent to an activating group) is 1. The maximum absolute atomic E-state index is 5.87. The van der Waals surface area contributed by atoms with Crippen LogP contribution in [0.3, 0.4) is 0 Å². The Morgan fingerprint density at radius 3 is 2.88 bits per heavy atom. The van der Waals surface area contributed by atoms with Crippen LogP contribution in [0.15, 0.2) is 24.3 Å². The van der Waals surface area contributed by atoms with Crippen molar-refractivity contribution in [3.8, 4) is 11.5 Å². The molecule has 4 nitrogen and oxygen atoms in total. The van der Waals surface area contributed by atoms with E-state index in [-0.39, 0.29) is 12.1 Å². The third kappa shape index (κ3) is 2.28. The van der Waals surface area contributed by atoms with Gasteiger partial charge in [-0.25, -0.2) is 0 Å². The highest BCUT2D eigenvalue weighted by molar-refractivity contribution is 5.40. The molecule has 1 aliphatic heterocycles. The molecule has 0 amide bonds. The molecule has 4 heteroatoms. The average Bonchev–Trinajstić information content (AvgIpc) is 2.35. The van der Waals surface area contributed by atoms with E-state index in [1.54, 1.807) is 7.11 Å². The molecule has 88 valence electrons. The standard InChI is InChI=1S/C12H17NO3/c1-13-9(7-14-2)12-8-15-10-5-3-4-6-11(10)16-12/h3-6,9,12-13H,7-8H2,1-2H3. The van der Waals surface area contributed by atoms with E-state index in [0.29, 0.717) is 13.2 Å². The number of para-hydroxylation sites is 2. The van der Waals surface area contributed by atoms with Gasteiger partial charge in [0.25, 0.3) is 0 Å². The van der Waals surface area contributed by atoms with E-state index in [0.717, 1.165) is 11.5 Å². The second-order valence-electron chi connectivity index (χ2n) is 3.76. The number of fused-ring (bicyclic) bond motifs is 1. The first-order chi connectivity index (χ1) is 7.85. The van der Waals surface area contributed by atoms with Crippen molar-refractivity contribution < 1.29 is 14.2 Å². The van der Waals surface area contributed by atoms with Crippen LogP contribution in [0.1, 0.15) is 0 Å². The maximum atomic E-state index is 5.87. The van der Waals surface area contributed by atoms with Crippen molar-refractivity contribution in [3.63, 3.8) is 0 Å². The molecule has 0 radical (unpaired) electrons. The molecule has 1 aliphatic rings. The summed E-state index contributed by atoms with van der Waals surface area (Å²) in [6.07, 6.45) is -0.0140. The van der Waals surface area contributed by atoms with Crippen LogP contribution >= 0.6 is 0 Å². The minimum Gasteiger partial charge on any atom is -0.486 e. The molecule has 0 saturated carbocycles. The second kappa shape index (κ2) is 5.18. The summed E-state index contributed by atoms with van der Waals surface area (Å²) in [4.78, 5) is 0. The molecule has 1 aromatic rings. The summed E-state index contributed by atoms with van der Waals surface area (Å²) in [5, 5.41) is 3.17. The Labute approximate surface area is 95.5 Å². The number of hydrogen-bond acceptors (Lipinski definition) is 4. The summed E-state index contributed by atoms with van der Waals surface area (Å²) >= 11 is 0. The molecular weight excluding hydrogens is 206 g/mol. The topological polar surface area (TPSA) is 39.7 Å². The lowest BCUT2D eigenvalue weighted by atomic mass is 10.1. The zero-order valence-electron chi connectivity index (χ0n) is 9.60. The number of rotatable bonds is 4. The van der Waals surface area contributed by atoms with Crippen molar-refractivity contribution in [2.45, 2.75) is 12.1 Å². The molecule has 1 heterocycles. The minimum absolute atomic E-state index is 0.0140. The van der Waals surface area contributed by atoms with Gasteiger partial charge in [-0.3, -0.25) is 0 Å². The highest BCUT2D eigenvalue weighted by Gasteiger charge is 2.27. The van der Waals surface area contributed by atoms with E-state index < -0.39 is 0 Å². The Balaban J connectivity index is 2.06. The molecular formula is C12H17NO3. The number of benzene rings is 1. The van der Waals surface area contributed by atoms with Crippen LogP contribution < -0.4 is 14.8 Å². The van der Waals surface area contributed by atoms with Crippen LogP contribution in [-0.2, 0) is 4.74 Å². The molecule has 0 fully saturated rings. The molecule has 0 aliphatic carbocycles. The summed E-state index contributed by atoms with van der Waals surface area (Å²) < 4.78 is 16.7. The van der Waals surface area contributed by atoms with Crippen molar-refractivity contribution in [1.29, 1.82) is 0 Å². The van der Waals surface area contributed by atoms with Crippen LogP contribution in [0.5, 0.6) is 11.5 Å². The highest BCUT2D eigenvalue weighted by Crippen LogP contribution is 2.31. The van der Waals surface area contributed by atoms with Crippen LogP contribution in [0.4, 0.5) is 0 Å². The van der Waals surface area contributed by atoms with E-state index in [1.807, 2.05) is 31.3 Å². The quantitative estimate of drug-likeness (QED) is 0.828. The largest absolute Gasteiger partial charge is 0.486 e. The van der Waals surface area contributed by atoms with Gasteiger partial charge in [-0.05, 0) is 19.2 Å².